The maximum Gasteiger partial charge on any atom is 0.326 e. The lowest BCUT2D eigenvalue weighted by Crippen LogP contribution is -2.56. The number of unbranched alkanes of at least 4 members (excludes halogenated alkanes) is 1. The highest BCUT2D eigenvalue weighted by molar-refractivity contribution is 7.98. The topological polar surface area (TPSA) is 192 Å². The summed E-state index contributed by atoms with van der Waals surface area (Å²) >= 11 is 1.57. The summed E-state index contributed by atoms with van der Waals surface area (Å²) in [6.45, 7) is 1.92. The number of aromatic nitrogens is 1. The Bertz CT molecular complexity index is 1060. The van der Waals surface area contributed by atoms with E-state index < -0.39 is 47.9 Å². The van der Waals surface area contributed by atoms with Crippen LogP contribution in [0.2, 0.25) is 0 Å². The molecule has 12 heteroatoms. The first-order chi connectivity index (χ1) is 17.7. The molecule has 4 atom stereocenters. The van der Waals surface area contributed by atoms with Crippen molar-refractivity contribution in [2.24, 2.45) is 11.5 Å². The first-order valence-electron chi connectivity index (χ1n) is 12.3. The number of thioether (sulfide) groups is 1. The molecular weight excluding hydrogens is 496 g/mol. The highest BCUT2D eigenvalue weighted by Gasteiger charge is 2.29. The van der Waals surface area contributed by atoms with Gasteiger partial charge in [-0.3, -0.25) is 14.4 Å². The van der Waals surface area contributed by atoms with Gasteiger partial charge in [-0.25, -0.2) is 4.79 Å². The number of fused-ring (bicyclic) bond motifs is 1. The van der Waals surface area contributed by atoms with E-state index in [2.05, 4.69) is 20.9 Å². The van der Waals surface area contributed by atoms with E-state index in [4.69, 9.17) is 11.5 Å². The zero-order valence-electron chi connectivity index (χ0n) is 21.3. The Balaban J connectivity index is 2.06. The Hall–Kier alpha value is -3.09. The second-order valence-corrected chi connectivity index (χ2v) is 9.91. The SMILES string of the molecule is CSCCC(N)C(=O)NC(C)C(=O)NC(CCCCN)C(=O)NC(Cc1c[nH]c2ccccc12)C(=O)O. The van der Waals surface area contributed by atoms with E-state index in [1.165, 1.54) is 6.92 Å². The number of carbonyl (C=O) groups excluding carboxylic acids is 3. The van der Waals surface area contributed by atoms with Gasteiger partial charge in [0.2, 0.25) is 17.7 Å². The number of benzene rings is 1. The lowest BCUT2D eigenvalue weighted by Gasteiger charge is -2.24. The number of carbonyl (C=O) groups is 4. The molecule has 11 nitrogen and oxygen atoms in total. The Morgan fingerprint density at radius 3 is 2.38 bits per heavy atom. The van der Waals surface area contributed by atoms with Crippen LogP contribution in [-0.2, 0) is 25.6 Å². The van der Waals surface area contributed by atoms with Gasteiger partial charge in [0.25, 0.3) is 0 Å². The number of aromatic amines is 1. The molecule has 0 aliphatic heterocycles. The van der Waals surface area contributed by atoms with Gasteiger partial charge in [-0.05, 0) is 62.8 Å². The lowest BCUT2D eigenvalue weighted by molar-refractivity contribution is -0.142. The fourth-order valence-corrected chi connectivity index (χ4v) is 4.30. The van der Waals surface area contributed by atoms with Crippen molar-refractivity contribution < 1.29 is 24.3 Å². The Kier molecular flexibility index (Phi) is 12.4. The molecule has 0 aliphatic carbocycles. The molecule has 0 spiro atoms. The minimum atomic E-state index is -1.20. The smallest absolute Gasteiger partial charge is 0.326 e. The second-order valence-electron chi connectivity index (χ2n) is 8.93. The predicted octanol–water partition coefficient (Wildman–Crippen LogP) is 0.479. The highest BCUT2D eigenvalue weighted by Crippen LogP contribution is 2.19. The lowest BCUT2D eigenvalue weighted by atomic mass is 10.0. The number of carboxylic acid groups (broad SMARTS) is 1. The molecule has 1 aromatic heterocycles. The molecule has 0 bridgehead atoms. The molecule has 2 rings (SSSR count). The third kappa shape index (κ3) is 9.38. The number of rotatable bonds is 16. The summed E-state index contributed by atoms with van der Waals surface area (Å²) in [6, 6.07) is 3.61. The van der Waals surface area contributed by atoms with Crippen molar-refractivity contribution in [3.05, 3.63) is 36.0 Å². The summed E-state index contributed by atoms with van der Waals surface area (Å²) in [4.78, 5) is 53.3. The van der Waals surface area contributed by atoms with Crippen LogP contribution in [0, 0.1) is 0 Å². The van der Waals surface area contributed by atoms with Gasteiger partial charge in [-0.2, -0.15) is 11.8 Å². The zero-order valence-corrected chi connectivity index (χ0v) is 22.1. The summed E-state index contributed by atoms with van der Waals surface area (Å²) in [5, 5.41) is 18.4. The molecule has 0 saturated carbocycles. The van der Waals surface area contributed by atoms with Crippen molar-refractivity contribution in [3.8, 4) is 0 Å². The number of carboxylic acids is 1. The van der Waals surface area contributed by atoms with Gasteiger partial charge >= 0.3 is 5.97 Å². The molecule has 0 aliphatic rings. The normalized spacial score (nSPS) is 14.4. The summed E-state index contributed by atoms with van der Waals surface area (Å²) in [7, 11) is 0. The number of hydrogen-bond donors (Lipinski definition) is 7. The van der Waals surface area contributed by atoms with E-state index in [-0.39, 0.29) is 12.8 Å². The molecular formula is C25H38N6O5S. The summed E-state index contributed by atoms with van der Waals surface area (Å²) in [6.07, 6.45) is 5.62. The molecule has 1 heterocycles. The van der Waals surface area contributed by atoms with Crippen molar-refractivity contribution in [2.45, 2.75) is 63.2 Å². The first-order valence-corrected chi connectivity index (χ1v) is 13.7. The molecule has 37 heavy (non-hydrogen) atoms. The second kappa shape index (κ2) is 15.2. The molecule has 204 valence electrons. The Labute approximate surface area is 220 Å². The van der Waals surface area contributed by atoms with Gasteiger partial charge in [0.15, 0.2) is 0 Å². The van der Waals surface area contributed by atoms with Crippen LogP contribution >= 0.6 is 11.8 Å². The van der Waals surface area contributed by atoms with Gasteiger partial charge in [0.1, 0.15) is 18.1 Å². The van der Waals surface area contributed by atoms with Crippen LogP contribution in [0.1, 0.15) is 38.2 Å². The van der Waals surface area contributed by atoms with Crippen LogP contribution in [0.3, 0.4) is 0 Å². The van der Waals surface area contributed by atoms with Crippen molar-refractivity contribution in [3.63, 3.8) is 0 Å². The maximum atomic E-state index is 13.1. The third-order valence-corrected chi connectivity index (χ3v) is 6.66. The van der Waals surface area contributed by atoms with E-state index >= 15 is 0 Å². The summed E-state index contributed by atoms with van der Waals surface area (Å²) < 4.78 is 0. The highest BCUT2D eigenvalue weighted by atomic mass is 32.2. The predicted molar refractivity (Wildman–Crippen MR) is 145 cm³/mol. The van der Waals surface area contributed by atoms with Gasteiger partial charge in [-0.1, -0.05) is 18.2 Å². The van der Waals surface area contributed by atoms with E-state index in [1.54, 1.807) is 18.0 Å². The van der Waals surface area contributed by atoms with Gasteiger partial charge in [0, 0.05) is 23.5 Å². The van der Waals surface area contributed by atoms with Crippen LogP contribution in [0.5, 0.6) is 0 Å². The molecule has 0 radical (unpaired) electrons. The molecule has 2 aromatic rings. The molecule has 0 fully saturated rings. The van der Waals surface area contributed by atoms with Crippen molar-refractivity contribution in [2.75, 3.05) is 18.6 Å². The number of nitrogens with two attached hydrogens (primary N) is 2. The van der Waals surface area contributed by atoms with Crippen molar-refractivity contribution in [1.29, 1.82) is 0 Å². The third-order valence-electron chi connectivity index (χ3n) is 6.02. The average molecular weight is 535 g/mol. The van der Waals surface area contributed by atoms with Crippen LogP contribution in [0.25, 0.3) is 10.9 Å². The van der Waals surface area contributed by atoms with E-state index in [1.807, 2.05) is 30.5 Å². The largest absolute Gasteiger partial charge is 0.480 e. The monoisotopic (exact) mass is 534 g/mol. The van der Waals surface area contributed by atoms with Gasteiger partial charge < -0.3 is 37.5 Å². The van der Waals surface area contributed by atoms with Crippen LogP contribution < -0.4 is 27.4 Å². The number of aliphatic carboxylic acids is 1. The zero-order chi connectivity index (χ0) is 27.4. The average Bonchev–Trinajstić information content (AvgIpc) is 3.28. The quantitative estimate of drug-likeness (QED) is 0.151. The van der Waals surface area contributed by atoms with E-state index in [0.717, 1.165) is 16.5 Å². The molecule has 1 aromatic carbocycles. The van der Waals surface area contributed by atoms with Crippen LogP contribution in [-0.4, -0.2) is 76.5 Å². The fourth-order valence-electron chi connectivity index (χ4n) is 3.81. The molecule has 0 saturated heterocycles. The number of hydrogen-bond acceptors (Lipinski definition) is 7. The van der Waals surface area contributed by atoms with Crippen molar-refractivity contribution in [1.82, 2.24) is 20.9 Å². The first kappa shape index (κ1) is 30.1. The summed E-state index contributed by atoms with van der Waals surface area (Å²) in [5.41, 5.74) is 13.1. The van der Waals surface area contributed by atoms with Gasteiger partial charge in [-0.15, -0.1) is 0 Å². The fraction of sp³-hybridized carbons (Fsp3) is 0.520. The molecule has 3 amide bonds. The van der Waals surface area contributed by atoms with Crippen LogP contribution in [0.4, 0.5) is 0 Å². The minimum absolute atomic E-state index is 0.0644. The van der Waals surface area contributed by atoms with Crippen molar-refractivity contribution >= 4 is 46.4 Å². The standard InChI is InChI=1S/C25H38N6O5S/c1-15(29-23(33)18(27)10-12-37-2)22(32)30-20(9-5-6-11-26)24(34)31-21(25(35)36)13-16-14-28-19-8-4-3-7-17(16)19/h3-4,7-8,14-15,18,20-21,28H,5-6,9-13,26-27H2,1-2H3,(H,29,33)(H,30,32)(H,31,34)(H,35,36). The van der Waals surface area contributed by atoms with Crippen LogP contribution in [0.15, 0.2) is 30.5 Å². The molecule has 4 unspecified atom stereocenters. The summed E-state index contributed by atoms with van der Waals surface area (Å²) in [5.74, 6) is -2.12. The molecule has 9 N–H and O–H groups in total. The number of H-pyrrole nitrogens is 1. The van der Waals surface area contributed by atoms with E-state index in [0.29, 0.717) is 31.6 Å². The Morgan fingerprint density at radius 1 is 1.00 bits per heavy atom. The van der Waals surface area contributed by atoms with E-state index in [9.17, 15) is 24.3 Å². The minimum Gasteiger partial charge on any atom is -0.480 e. The van der Waals surface area contributed by atoms with Gasteiger partial charge in [0.05, 0.1) is 6.04 Å². The Morgan fingerprint density at radius 2 is 1.70 bits per heavy atom. The maximum absolute atomic E-state index is 13.1. The number of amides is 3. The number of nitrogens with one attached hydrogen (secondary N) is 4. The number of para-hydroxylation sites is 1.